The Balaban J connectivity index is 0.000000924. The van der Waals surface area contributed by atoms with Gasteiger partial charge in [-0.25, -0.2) is 4.98 Å². The Morgan fingerprint density at radius 1 is 1.09 bits per heavy atom. The van der Waals surface area contributed by atoms with Crippen molar-refractivity contribution in [3.8, 4) is 16.9 Å². The minimum Gasteiger partial charge on any atom is -0.508 e. The average molecular weight is 308 g/mol. The Kier molecular flexibility index (Phi) is 5.94. The smallest absolute Gasteiger partial charge is 0.129 e. The molecule has 3 aromatic rings. The summed E-state index contributed by atoms with van der Waals surface area (Å²) in [4.78, 5) is 4.33. The fourth-order valence-corrected chi connectivity index (χ4v) is 1.91. The van der Waals surface area contributed by atoms with E-state index in [0.717, 1.165) is 22.6 Å². The topological polar surface area (TPSA) is 73.8 Å². The molecule has 2 aromatic heterocycles. The summed E-state index contributed by atoms with van der Waals surface area (Å²) < 4.78 is 0. The molecule has 0 saturated carbocycles. The van der Waals surface area contributed by atoms with Crippen molar-refractivity contribution in [2.45, 2.75) is 13.8 Å². The summed E-state index contributed by atoms with van der Waals surface area (Å²) in [5.74, 6) is 0.992. The number of aromatic nitrogens is 3. The molecule has 0 fully saturated rings. The lowest BCUT2D eigenvalue weighted by atomic mass is 10.1. The highest BCUT2D eigenvalue weighted by molar-refractivity contribution is 5.65. The van der Waals surface area contributed by atoms with Crippen LogP contribution in [0.5, 0.6) is 5.75 Å². The molecule has 0 bridgehead atoms. The molecule has 0 radical (unpaired) electrons. The van der Waals surface area contributed by atoms with Gasteiger partial charge in [-0.3, -0.25) is 5.10 Å². The first-order chi connectivity index (χ1) is 11.3. The Hall–Kier alpha value is -3.08. The van der Waals surface area contributed by atoms with Gasteiger partial charge >= 0.3 is 0 Å². The molecule has 0 aliphatic carbocycles. The van der Waals surface area contributed by atoms with Crippen LogP contribution in [0.15, 0.2) is 61.1 Å². The van der Waals surface area contributed by atoms with Crippen LogP contribution in [0.3, 0.4) is 0 Å². The van der Waals surface area contributed by atoms with Crippen molar-refractivity contribution < 1.29 is 5.11 Å². The van der Waals surface area contributed by atoms with Gasteiger partial charge in [0.25, 0.3) is 0 Å². The summed E-state index contributed by atoms with van der Waals surface area (Å²) in [5.41, 5.74) is 2.80. The minimum atomic E-state index is 0.247. The van der Waals surface area contributed by atoms with E-state index in [1.807, 2.05) is 50.3 Å². The van der Waals surface area contributed by atoms with Crippen LogP contribution in [0.25, 0.3) is 17.2 Å². The van der Waals surface area contributed by atoms with Crippen LogP contribution in [0.2, 0.25) is 0 Å². The molecular weight excluding hydrogens is 288 g/mol. The lowest BCUT2D eigenvalue weighted by Crippen LogP contribution is -1.91. The number of anilines is 1. The summed E-state index contributed by atoms with van der Waals surface area (Å²) in [5, 5.41) is 19.3. The Morgan fingerprint density at radius 2 is 1.96 bits per heavy atom. The zero-order valence-electron chi connectivity index (χ0n) is 13.2. The molecule has 0 atom stereocenters. The van der Waals surface area contributed by atoms with Gasteiger partial charge in [-0.05, 0) is 42.0 Å². The van der Waals surface area contributed by atoms with Gasteiger partial charge in [0.1, 0.15) is 11.6 Å². The number of benzene rings is 1. The lowest BCUT2D eigenvalue weighted by Gasteiger charge is -2.04. The third-order valence-corrected chi connectivity index (χ3v) is 2.96. The number of aromatic amines is 1. The molecule has 0 saturated heterocycles. The van der Waals surface area contributed by atoms with Gasteiger partial charge < -0.3 is 10.4 Å². The number of nitrogens with one attached hydrogen (secondary N) is 2. The molecule has 2 heterocycles. The molecule has 0 spiro atoms. The molecule has 23 heavy (non-hydrogen) atoms. The van der Waals surface area contributed by atoms with E-state index in [-0.39, 0.29) is 5.75 Å². The van der Waals surface area contributed by atoms with E-state index in [4.69, 9.17) is 0 Å². The number of rotatable bonds is 4. The van der Waals surface area contributed by atoms with Gasteiger partial charge in [0.2, 0.25) is 0 Å². The third-order valence-electron chi connectivity index (χ3n) is 2.96. The van der Waals surface area contributed by atoms with Crippen molar-refractivity contribution >= 4 is 11.9 Å². The van der Waals surface area contributed by atoms with Crippen molar-refractivity contribution in [1.82, 2.24) is 15.2 Å². The molecule has 3 rings (SSSR count). The van der Waals surface area contributed by atoms with Crippen molar-refractivity contribution in [3.05, 3.63) is 66.8 Å². The van der Waals surface area contributed by atoms with E-state index in [2.05, 4.69) is 20.5 Å². The summed E-state index contributed by atoms with van der Waals surface area (Å²) >= 11 is 0. The van der Waals surface area contributed by atoms with E-state index in [1.165, 1.54) is 0 Å². The van der Waals surface area contributed by atoms with Crippen LogP contribution in [0.1, 0.15) is 19.5 Å². The molecule has 3 N–H and O–H groups in total. The lowest BCUT2D eigenvalue weighted by molar-refractivity contribution is 0.475. The van der Waals surface area contributed by atoms with E-state index in [9.17, 15) is 5.11 Å². The standard InChI is InChI=1S/C16H14N4O.C2H6/c21-15-3-1-2-12(10-15)13-4-5-16(18-11-13)17-8-6-14-7-9-19-20-14;1-2/h1-11,21H,(H,17,18)(H,19,20);1-2H3/b8-6+;. The summed E-state index contributed by atoms with van der Waals surface area (Å²) in [6, 6.07) is 12.8. The average Bonchev–Trinajstić information content (AvgIpc) is 3.11. The highest BCUT2D eigenvalue weighted by atomic mass is 16.3. The predicted molar refractivity (Wildman–Crippen MR) is 93.9 cm³/mol. The summed E-state index contributed by atoms with van der Waals surface area (Å²) in [6.45, 7) is 4.00. The SMILES string of the molecule is CC.Oc1cccc(-c2ccc(N/C=C/c3ccn[nH]3)nc2)c1. The molecule has 0 unspecified atom stereocenters. The Labute approximate surface area is 135 Å². The van der Waals surface area contributed by atoms with E-state index in [0.29, 0.717) is 0 Å². The molecule has 1 aromatic carbocycles. The number of pyridine rings is 1. The molecular formula is C18H20N4O. The van der Waals surface area contributed by atoms with Gasteiger partial charge in [-0.15, -0.1) is 0 Å². The Bertz CT molecular complexity index is 734. The second kappa shape index (κ2) is 8.38. The maximum absolute atomic E-state index is 9.49. The predicted octanol–water partition coefficient (Wildman–Crippen LogP) is 4.29. The van der Waals surface area contributed by atoms with E-state index >= 15 is 0 Å². The van der Waals surface area contributed by atoms with Crippen LogP contribution in [-0.4, -0.2) is 20.3 Å². The first-order valence-electron chi connectivity index (χ1n) is 7.49. The quantitative estimate of drug-likeness (QED) is 0.672. The summed E-state index contributed by atoms with van der Waals surface area (Å²) in [7, 11) is 0. The number of aromatic hydroxyl groups is 1. The first-order valence-corrected chi connectivity index (χ1v) is 7.49. The fourth-order valence-electron chi connectivity index (χ4n) is 1.91. The second-order valence-electron chi connectivity index (χ2n) is 4.47. The Morgan fingerprint density at radius 3 is 2.61 bits per heavy atom. The summed E-state index contributed by atoms with van der Waals surface area (Å²) in [6.07, 6.45) is 7.13. The molecule has 5 nitrogen and oxygen atoms in total. The number of hydrogen-bond donors (Lipinski definition) is 3. The van der Waals surface area contributed by atoms with Crippen LogP contribution in [0.4, 0.5) is 5.82 Å². The van der Waals surface area contributed by atoms with Gasteiger partial charge in [-0.1, -0.05) is 26.0 Å². The van der Waals surface area contributed by atoms with Crippen molar-refractivity contribution in [1.29, 1.82) is 0 Å². The van der Waals surface area contributed by atoms with E-state index < -0.39 is 0 Å². The number of nitrogens with zero attached hydrogens (tertiary/aromatic N) is 2. The van der Waals surface area contributed by atoms with Crippen molar-refractivity contribution in [2.24, 2.45) is 0 Å². The second-order valence-corrected chi connectivity index (χ2v) is 4.47. The van der Waals surface area contributed by atoms with Crippen molar-refractivity contribution in [2.75, 3.05) is 5.32 Å². The highest BCUT2D eigenvalue weighted by Crippen LogP contribution is 2.23. The van der Waals surface area contributed by atoms with Gasteiger partial charge in [0.15, 0.2) is 0 Å². The monoisotopic (exact) mass is 308 g/mol. The maximum Gasteiger partial charge on any atom is 0.129 e. The molecule has 0 aliphatic heterocycles. The highest BCUT2D eigenvalue weighted by Gasteiger charge is 1.99. The van der Waals surface area contributed by atoms with Crippen LogP contribution < -0.4 is 5.32 Å². The number of phenolic OH excluding ortho intramolecular Hbond substituents is 1. The molecule has 5 heteroatoms. The van der Waals surface area contributed by atoms with Crippen LogP contribution >= 0.6 is 0 Å². The number of H-pyrrole nitrogens is 1. The van der Waals surface area contributed by atoms with E-state index in [1.54, 1.807) is 30.7 Å². The van der Waals surface area contributed by atoms with Crippen LogP contribution in [-0.2, 0) is 0 Å². The van der Waals surface area contributed by atoms with Crippen molar-refractivity contribution in [3.63, 3.8) is 0 Å². The minimum absolute atomic E-state index is 0.247. The fraction of sp³-hybridized carbons (Fsp3) is 0.111. The van der Waals surface area contributed by atoms with Gasteiger partial charge in [-0.2, -0.15) is 5.10 Å². The third kappa shape index (κ3) is 4.71. The number of phenols is 1. The first kappa shape index (κ1) is 16.3. The largest absolute Gasteiger partial charge is 0.508 e. The molecule has 0 aliphatic rings. The molecule has 118 valence electrons. The zero-order valence-corrected chi connectivity index (χ0v) is 13.2. The van der Waals surface area contributed by atoms with Gasteiger partial charge in [0, 0.05) is 24.2 Å². The van der Waals surface area contributed by atoms with Crippen LogP contribution in [0, 0.1) is 0 Å². The maximum atomic E-state index is 9.49. The van der Waals surface area contributed by atoms with Gasteiger partial charge in [0.05, 0.1) is 5.69 Å². The normalized spacial score (nSPS) is 10.2. The number of hydrogen-bond acceptors (Lipinski definition) is 4. The molecule has 0 amide bonds. The zero-order chi connectivity index (χ0) is 16.5.